The third-order valence-electron chi connectivity index (χ3n) is 2.61. The van der Waals surface area contributed by atoms with E-state index < -0.39 is 35.7 Å². The molecule has 0 bridgehead atoms. The number of ether oxygens (including phenoxy) is 1. The van der Waals surface area contributed by atoms with Crippen LogP contribution in [-0.4, -0.2) is 5.11 Å². The van der Waals surface area contributed by atoms with Crippen molar-refractivity contribution in [2.45, 2.75) is 12.8 Å². The molecule has 1 N–H and O–H groups in total. The summed E-state index contributed by atoms with van der Waals surface area (Å²) in [7, 11) is 0. The van der Waals surface area contributed by atoms with Gasteiger partial charge in [0.1, 0.15) is 11.6 Å². The van der Waals surface area contributed by atoms with Crippen molar-refractivity contribution in [3.05, 3.63) is 59.2 Å². The number of benzene rings is 2. The van der Waals surface area contributed by atoms with E-state index in [2.05, 4.69) is 0 Å². The lowest BCUT2D eigenvalue weighted by Crippen LogP contribution is -2.05. The third-order valence-corrected chi connectivity index (χ3v) is 2.61. The van der Waals surface area contributed by atoms with Crippen LogP contribution in [0.5, 0.6) is 11.5 Å². The first-order valence-electron chi connectivity index (χ1n) is 5.74. The molecule has 0 radical (unpaired) electrons. The molecule has 2 aromatic carbocycles. The zero-order chi connectivity index (χ0) is 15.6. The number of alkyl halides is 3. The van der Waals surface area contributed by atoms with Crippen molar-refractivity contribution in [2.75, 3.05) is 0 Å². The standard InChI is InChI=1S/C14H9F5O2/c15-10-4-9(14(17,18)19)5-11(6-10)21-13-2-1-8(7-20)3-12(13)16/h1-6,20H,7H2. The van der Waals surface area contributed by atoms with Gasteiger partial charge in [0.2, 0.25) is 0 Å². The number of aliphatic hydroxyl groups excluding tert-OH is 1. The molecule has 0 spiro atoms. The van der Waals surface area contributed by atoms with E-state index in [0.717, 1.165) is 12.1 Å². The maximum absolute atomic E-state index is 13.6. The zero-order valence-corrected chi connectivity index (χ0v) is 10.4. The Bertz CT molecular complexity index is 652. The molecule has 0 fully saturated rings. The van der Waals surface area contributed by atoms with Crippen LogP contribution in [-0.2, 0) is 12.8 Å². The molecule has 0 saturated heterocycles. The molecule has 21 heavy (non-hydrogen) atoms. The number of hydrogen-bond acceptors (Lipinski definition) is 2. The molecule has 7 heteroatoms. The molecular formula is C14H9F5O2. The van der Waals surface area contributed by atoms with Crippen molar-refractivity contribution in [3.63, 3.8) is 0 Å². The summed E-state index contributed by atoms with van der Waals surface area (Å²) < 4.78 is 69.3. The van der Waals surface area contributed by atoms with Crippen LogP contribution in [0, 0.1) is 11.6 Å². The third kappa shape index (κ3) is 3.69. The Hall–Kier alpha value is -2.15. The molecule has 0 aliphatic heterocycles. The lowest BCUT2D eigenvalue weighted by molar-refractivity contribution is -0.137. The first-order chi connectivity index (χ1) is 9.79. The quantitative estimate of drug-likeness (QED) is 0.858. The molecule has 0 aromatic heterocycles. The van der Waals surface area contributed by atoms with E-state index >= 15 is 0 Å². The van der Waals surface area contributed by atoms with Crippen molar-refractivity contribution in [3.8, 4) is 11.5 Å². The van der Waals surface area contributed by atoms with Crippen molar-refractivity contribution >= 4 is 0 Å². The molecule has 2 nitrogen and oxygen atoms in total. The minimum Gasteiger partial charge on any atom is -0.454 e. The second-order valence-corrected chi connectivity index (χ2v) is 4.20. The summed E-state index contributed by atoms with van der Waals surface area (Å²) in [6.45, 7) is -0.393. The van der Waals surface area contributed by atoms with Crippen LogP contribution in [0.25, 0.3) is 0 Å². The summed E-state index contributed by atoms with van der Waals surface area (Å²) in [5, 5.41) is 8.82. The van der Waals surface area contributed by atoms with Gasteiger partial charge >= 0.3 is 6.18 Å². The Morgan fingerprint density at radius 1 is 1.00 bits per heavy atom. The second kappa shape index (κ2) is 5.69. The van der Waals surface area contributed by atoms with Gasteiger partial charge in [-0.15, -0.1) is 0 Å². The van der Waals surface area contributed by atoms with Crippen LogP contribution in [0.3, 0.4) is 0 Å². The van der Waals surface area contributed by atoms with E-state index in [4.69, 9.17) is 9.84 Å². The van der Waals surface area contributed by atoms with Crippen LogP contribution >= 0.6 is 0 Å². The fourth-order valence-electron chi connectivity index (χ4n) is 1.64. The van der Waals surface area contributed by atoms with Gasteiger partial charge in [-0.05, 0) is 29.8 Å². The summed E-state index contributed by atoms with van der Waals surface area (Å²) in [5.74, 6) is -2.87. The lowest BCUT2D eigenvalue weighted by Gasteiger charge is -2.11. The smallest absolute Gasteiger partial charge is 0.416 e. The summed E-state index contributed by atoms with van der Waals surface area (Å²) in [5.41, 5.74) is -0.958. The lowest BCUT2D eigenvalue weighted by atomic mass is 10.2. The van der Waals surface area contributed by atoms with Gasteiger partial charge in [0.25, 0.3) is 0 Å². The van der Waals surface area contributed by atoms with E-state index in [1.807, 2.05) is 0 Å². The van der Waals surface area contributed by atoms with Gasteiger partial charge in [-0.25, -0.2) is 8.78 Å². The normalized spacial score (nSPS) is 11.5. The molecule has 112 valence electrons. The zero-order valence-electron chi connectivity index (χ0n) is 10.4. The van der Waals surface area contributed by atoms with E-state index in [1.165, 1.54) is 6.07 Å². The average molecular weight is 304 g/mol. The van der Waals surface area contributed by atoms with Crippen LogP contribution in [0.4, 0.5) is 22.0 Å². The topological polar surface area (TPSA) is 29.5 Å². The molecular weight excluding hydrogens is 295 g/mol. The summed E-state index contributed by atoms with van der Waals surface area (Å²) >= 11 is 0. The largest absolute Gasteiger partial charge is 0.454 e. The first-order valence-corrected chi connectivity index (χ1v) is 5.74. The number of hydrogen-bond donors (Lipinski definition) is 1. The van der Waals surface area contributed by atoms with Crippen molar-refractivity contribution < 1.29 is 31.8 Å². The fourth-order valence-corrected chi connectivity index (χ4v) is 1.64. The second-order valence-electron chi connectivity index (χ2n) is 4.20. The van der Waals surface area contributed by atoms with Gasteiger partial charge in [0.05, 0.1) is 12.2 Å². The van der Waals surface area contributed by atoms with Crippen molar-refractivity contribution in [1.82, 2.24) is 0 Å². The Kier molecular flexibility index (Phi) is 4.13. The van der Waals surface area contributed by atoms with Gasteiger partial charge in [-0.1, -0.05) is 6.07 Å². The average Bonchev–Trinajstić information content (AvgIpc) is 2.39. The molecule has 0 saturated carbocycles. The highest BCUT2D eigenvalue weighted by Gasteiger charge is 2.31. The Balaban J connectivity index is 2.33. The van der Waals surface area contributed by atoms with Gasteiger partial charge in [-0.3, -0.25) is 0 Å². The number of aliphatic hydroxyl groups is 1. The van der Waals surface area contributed by atoms with Gasteiger partial charge in [0.15, 0.2) is 11.6 Å². The van der Waals surface area contributed by atoms with Crippen molar-refractivity contribution in [2.24, 2.45) is 0 Å². The Morgan fingerprint density at radius 3 is 2.29 bits per heavy atom. The molecule has 2 rings (SSSR count). The minimum atomic E-state index is -4.74. The first kappa shape index (κ1) is 15.2. The van der Waals surface area contributed by atoms with Crippen LogP contribution < -0.4 is 4.74 Å². The molecule has 0 heterocycles. The SMILES string of the molecule is OCc1ccc(Oc2cc(F)cc(C(F)(F)F)c2)c(F)c1. The van der Waals surface area contributed by atoms with Gasteiger partial charge < -0.3 is 9.84 Å². The molecule has 0 aliphatic rings. The Labute approximate surface area is 116 Å². The van der Waals surface area contributed by atoms with Gasteiger partial charge in [-0.2, -0.15) is 13.2 Å². The van der Waals surface area contributed by atoms with E-state index in [-0.39, 0.29) is 11.3 Å². The molecule has 2 aromatic rings. The highest BCUT2D eigenvalue weighted by molar-refractivity contribution is 5.37. The number of rotatable bonds is 3. The predicted molar refractivity (Wildman–Crippen MR) is 63.8 cm³/mol. The monoisotopic (exact) mass is 304 g/mol. The van der Waals surface area contributed by atoms with Gasteiger partial charge in [0, 0.05) is 6.07 Å². The molecule has 0 amide bonds. The fraction of sp³-hybridized carbons (Fsp3) is 0.143. The summed E-state index contributed by atoms with van der Waals surface area (Å²) in [6.07, 6.45) is -4.74. The summed E-state index contributed by atoms with van der Waals surface area (Å²) in [6, 6.07) is 5.05. The Morgan fingerprint density at radius 2 is 1.71 bits per heavy atom. The minimum absolute atomic E-state index is 0.273. The molecule has 0 unspecified atom stereocenters. The maximum Gasteiger partial charge on any atom is 0.416 e. The van der Waals surface area contributed by atoms with E-state index in [1.54, 1.807) is 0 Å². The summed E-state index contributed by atoms with van der Waals surface area (Å²) in [4.78, 5) is 0. The highest BCUT2D eigenvalue weighted by Crippen LogP contribution is 2.34. The van der Waals surface area contributed by atoms with Crippen LogP contribution in [0.1, 0.15) is 11.1 Å². The molecule has 0 atom stereocenters. The van der Waals surface area contributed by atoms with E-state index in [0.29, 0.717) is 18.2 Å². The van der Waals surface area contributed by atoms with E-state index in [9.17, 15) is 22.0 Å². The predicted octanol–water partition coefficient (Wildman–Crippen LogP) is 4.27. The highest BCUT2D eigenvalue weighted by atomic mass is 19.4. The van der Waals surface area contributed by atoms with Crippen molar-refractivity contribution in [1.29, 1.82) is 0 Å². The maximum atomic E-state index is 13.6. The van der Waals surface area contributed by atoms with Crippen LogP contribution in [0.2, 0.25) is 0 Å². The van der Waals surface area contributed by atoms with Crippen LogP contribution in [0.15, 0.2) is 36.4 Å². The number of halogens is 5. The molecule has 0 aliphatic carbocycles.